The number of hydrogen-bond donors (Lipinski definition) is 0. The van der Waals surface area contributed by atoms with E-state index in [0.29, 0.717) is 30.3 Å². The zero-order valence-corrected chi connectivity index (χ0v) is 25.4. The quantitative estimate of drug-likeness (QED) is 0.164. The van der Waals surface area contributed by atoms with Crippen molar-refractivity contribution in [3.05, 3.63) is 83.4 Å². The Morgan fingerprint density at radius 1 is 0.850 bits per heavy atom. The standard InChI is InChI=1S/C34H44O5S/c1-6-8-21-38-30-23-28-29(24-31(30)39-22-9-7-2)34(3,4)20-19-32(40(35,36)27-13-11-10-12-14-27)33(28)25-15-17-26(37-5)18-16-25/h10-18,23-24,32-33H,6-9,19-22H2,1-5H3/t32-,33-/m1/s1. The maximum atomic E-state index is 14.3. The third-order valence-corrected chi connectivity index (χ3v) is 10.3. The Hall–Kier alpha value is -2.99. The normalized spacial score (nSPS) is 18.4. The molecule has 0 unspecified atom stereocenters. The molecule has 5 nitrogen and oxygen atoms in total. The van der Waals surface area contributed by atoms with E-state index >= 15 is 0 Å². The third-order valence-electron chi connectivity index (χ3n) is 8.06. The van der Waals surface area contributed by atoms with E-state index in [1.165, 1.54) is 0 Å². The maximum Gasteiger partial charge on any atom is 0.182 e. The van der Waals surface area contributed by atoms with Crippen LogP contribution in [0.5, 0.6) is 17.2 Å². The molecule has 216 valence electrons. The summed E-state index contributed by atoms with van der Waals surface area (Å²) in [4.78, 5) is 0.360. The van der Waals surface area contributed by atoms with Gasteiger partial charge in [0.05, 0.1) is 30.5 Å². The molecule has 6 heteroatoms. The summed E-state index contributed by atoms with van der Waals surface area (Å²) in [5, 5.41) is -0.640. The number of unbranched alkanes of at least 4 members (excludes halogenated alkanes) is 2. The van der Waals surface area contributed by atoms with Crippen LogP contribution in [0.4, 0.5) is 0 Å². The molecule has 4 rings (SSSR count). The smallest absolute Gasteiger partial charge is 0.182 e. The van der Waals surface area contributed by atoms with E-state index in [1.807, 2.05) is 30.3 Å². The predicted molar refractivity (Wildman–Crippen MR) is 162 cm³/mol. The van der Waals surface area contributed by atoms with Crippen molar-refractivity contribution in [2.45, 2.75) is 87.7 Å². The number of benzene rings is 3. The van der Waals surface area contributed by atoms with Crippen LogP contribution in [0.2, 0.25) is 0 Å². The van der Waals surface area contributed by atoms with E-state index in [1.54, 1.807) is 31.4 Å². The average molecular weight is 565 g/mol. The Balaban J connectivity index is 1.95. The van der Waals surface area contributed by atoms with Gasteiger partial charge in [0, 0.05) is 5.92 Å². The molecule has 0 amide bonds. The third kappa shape index (κ3) is 6.49. The predicted octanol–water partition coefficient (Wildman–Crippen LogP) is 8.10. The summed E-state index contributed by atoms with van der Waals surface area (Å²) < 4.78 is 46.7. The Bertz CT molecular complexity index is 1350. The largest absolute Gasteiger partial charge is 0.497 e. The molecule has 0 N–H and O–H groups in total. The van der Waals surface area contributed by atoms with E-state index in [-0.39, 0.29) is 11.3 Å². The summed E-state index contributed by atoms with van der Waals surface area (Å²) in [5.74, 6) is 1.79. The average Bonchev–Trinajstić information content (AvgIpc) is 3.07. The molecule has 0 fully saturated rings. The molecular weight excluding hydrogens is 520 g/mol. The van der Waals surface area contributed by atoms with E-state index in [2.05, 4.69) is 39.8 Å². The number of ether oxygens (including phenoxy) is 3. The van der Waals surface area contributed by atoms with Gasteiger partial charge in [-0.05, 0) is 84.2 Å². The van der Waals surface area contributed by atoms with Crippen LogP contribution in [-0.2, 0) is 15.3 Å². The first-order valence-electron chi connectivity index (χ1n) is 14.6. The van der Waals surface area contributed by atoms with Gasteiger partial charge in [-0.15, -0.1) is 0 Å². The van der Waals surface area contributed by atoms with Crippen molar-refractivity contribution in [2.75, 3.05) is 20.3 Å². The van der Waals surface area contributed by atoms with Crippen LogP contribution in [0.15, 0.2) is 71.6 Å². The second-order valence-corrected chi connectivity index (χ2v) is 13.5. The van der Waals surface area contributed by atoms with Gasteiger partial charge in [-0.3, -0.25) is 0 Å². The van der Waals surface area contributed by atoms with Gasteiger partial charge in [0.15, 0.2) is 21.3 Å². The topological polar surface area (TPSA) is 61.8 Å². The van der Waals surface area contributed by atoms with E-state index in [9.17, 15) is 8.42 Å². The van der Waals surface area contributed by atoms with Crippen LogP contribution >= 0.6 is 0 Å². The fraction of sp³-hybridized carbons (Fsp3) is 0.471. The molecule has 0 radical (unpaired) electrons. The summed E-state index contributed by atoms with van der Waals surface area (Å²) >= 11 is 0. The molecule has 3 aromatic carbocycles. The molecular formula is C34H44O5S. The minimum atomic E-state index is -3.66. The lowest BCUT2D eigenvalue weighted by molar-refractivity contribution is 0.261. The minimum absolute atomic E-state index is 0.258. The van der Waals surface area contributed by atoms with Crippen LogP contribution in [0.25, 0.3) is 0 Å². The molecule has 0 heterocycles. The molecule has 1 aliphatic rings. The lowest BCUT2D eigenvalue weighted by Crippen LogP contribution is -2.29. The molecule has 0 spiro atoms. The Kier molecular flexibility index (Phi) is 9.83. The van der Waals surface area contributed by atoms with Crippen molar-refractivity contribution in [2.24, 2.45) is 0 Å². The number of fused-ring (bicyclic) bond motifs is 1. The van der Waals surface area contributed by atoms with Gasteiger partial charge in [0.25, 0.3) is 0 Å². The van der Waals surface area contributed by atoms with Gasteiger partial charge in [-0.25, -0.2) is 8.42 Å². The first-order valence-corrected chi connectivity index (χ1v) is 16.1. The molecule has 0 saturated heterocycles. The molecule has 0 saturated carbocycles. The van der Waals surface area contributed by atoms with Crippen LogP contribution in [0, 0.1) is 0 Å². The van der Waals surface area contributed by atoms with Gasteiger partial charge in [-0.2, -0.15) is 0 Å². The van der Waals surface area contributed by atoms with Crippen LogP contribution in [0.1, 0.15) is 88.8 Å². The molecule has 0 aromatic heterocycles. The molecule has 40 heavy (non-hydrogen) atoms. The van der Waals surface area contributed by atoms with Gasteiger partial charge >= 0.3 is 0 Å². The van der Waals surface area contributed by atoms with E-state index in [4.69, 9.17) is 14.2 Å². The fourth-order valence-electron chi connectivity index (χ4n) is 5.63. The van der Waals surface area contributed by atoms with Crippen molar-refractivity contribution in [3.8, 4) is 17.2 Å². The lowest BCUT2D eigenvalue weighted by atomic mass is 9.78. The van der Waals surface area contributed by atoms with Gasteiger partial charge in [-0.1, -0.05) is 70.9 Å². The number of hydrogen-bond acceptors (Lipinski definition) is 5. The zero-order valence-electron chi connectivity index (χ0n) is 24.6. The van der Waals surface area contributed by atoms with Crippen molar-refractivity contribution in [1.29, 1.82) is 0 Å². The van der Waals surface area contributed by atoms with Gasteiger partial charge in [0.1, 0.15) is 5.75 Å². The monoisotopic (exact) mass is 564 g/mol. The molecule has 0 aliphatic heterocycles. The molecule has 3 aromatic rings. The minimum Gasteiger partial charge on any atom is -0.497 e. The second kappa shape index (κ2) is 13.1. The second-order valence-electron chi connectivity index (χ2n) is 11.4. The fourth-order valence-corrected chi connectivity index (χ4v) is 7.60. The van der Waals surface area contributed by atoms with Crippen molar-refractivity contribution < 1.29 is 22.6 Å². The summed E-state index contributed by atoms with van der Waals surface area (Å²) in [6.07, 6.45) is 5.23. The summed E-state index contributed by atoms with van der Waals surface area (Å²) in [7, 11) is -2.02. The number of sulfone groups is 1. The van der Waals surface area contributed by atoms with Crippen LogP contribution in [0.3, 0.4) is 0 Å². The SMILES string of the molecule is CCCCOc1cc2c(cc1OCCCC)C(C)(C)CC[C@@H](S(=O)(=O)c1ccccc1)[C@@H]2c1ccc(OC)cc1. The Morgan fingerprint density at radius 2 is 1.45 bits per heavy atom. The highest BCUT2D eigenvalue weighted by Gasteiger charge is 2.43. The van der Waals surface area contributed by atoms with E-state index in [0.717, 1.165) is 60.3 Å². The Morgan fingerprint density at radius 3 is 2.02 bits per heavy atom. The van der Waals surface area contributed by atoms with Crippen LogP contribution in [-0.4, -0.2) is 34.0 Å². The van der Waals surface area contributed by atoms with Gasteiger partial charge < -0.3 is 14.2 Å². The highest BCUT2D eigenvalue weighted by atomic mass is 32.2. The van der Waals surface area contributed by atoms with Gasteiger partial charge in [0.2, 0.25) is 0 Å². The molecule has 2 atom stereocenters. The Labute approximate surface area is 240 Å². The van der Waals surface area contributed by atoms with Crippen molar-refractivity contribution >= 4 is 9.84 Å². The van der Waals surface area contributed by atoms with Crippen LogP contribution < -0.4 is 14.2 Å². The highest BCUT2D eigenvalue weighted by Crippen LogP contribution is 2.50. The summed E-state index contributed by atoms with van der Waals surface area (Å²) in [6.45, 7) is 9.91. The highest BCUT2D eigenvalue weighted by molar-refractivity contribution is 7.92. The zero-order chi connectivity index (χ0) is 28.8. The first-order chi connectivity index (χ1) is 19.2. The maximum absolute atomic E-state index is 14.3. The molecule has 1 aliphatic carbocycles. The summed E-state index contributed by atoms with van der Waals surface area (Å²) in [6, 6.07) is 20.9. The molecule has 0 bridgehead atoms. The summed E-state index contributed by atoms with van der Waals surface area (Å²) in [5.41, 5.74) is 2.80. The number of rotatable bonds is 12. The van der Waals surface area contributed by atoms with E-state index < -0.39 is 15.1 Å². The lowest BCUT2D eigenvalue weighted by Gasteiger charge is -2.30. The first kappa shape index (κ1) is 30.0. The van der Waals surface area contributed by atoms with Crippen molar-refractivity contribution in [3.63, 3.8) is 0 Å². The number of methoxy groups -OCH3 is 1. The van der Waals surface area contributed by atoms with Crippen molar-refractivity contribution in [1.82, 2.24) is 0 Å².